The van der Waals surface area contributed by atoms with E-state index in [2.05, 4.69) is 26.7 Å². The van der Waals surface area contributed by atoms with Crippen LogP contribution in [0.3, 0.4) is 0 Å². The second-order valence-corrected chi connectivity index (χ2v) is 5.59. The largest absolute Gasteiger partial charge is 0.339 e. The summed E-state index contributed by atoms with van der Waals surface area (Å²) in [4.78, 5) is 15.9. The first kappa shape index (κ1) is 17.0. The van der Waals surface area contributed by atoms with E-state index in [1.807, 2.05) is 27.7 Å². The Morgan fingerprint density at radius 1 is 1.38 bits per heavy atom. The van der Waals surface area contributed by atoms with Crippen molar-refractivity contribution in [2.45, 2.75) is 52.5 Å². The molecular formula is C15H24N4O2. The lowest BCUT2D eigenvalue weighted by atomic mass is 10.1. The zero-order chi connectivity index (χ0) is 15.8. The van der Waals surface area contributed by atoms with Crippen molar-refractivity contribution in [3.63, 3.8) is 0 Å². The van der Waals surface area contributed by atoms with Crippen LogP contribution in [0, 0.1) is 18.3 Å². The monoisotopic (exact) mass is 292 g/mol. The van der Waals surface area contributed by atoms with Gasteiger partial charge in [-0.15, -0.1) is 6.42 Å². The highest BCUT2D eigenvalue weighted by Gasteiger charge is 2.13. The van der Waals surface area contributed by atoms with Crippen molar-refractivity contribution in [1.29, 1.82) is 0 Å². The predicted octanol–water partition coefficient (Wildman–Crippen LogP) is 2.08. The molecule has 0 radical (unpaired) electrons. The lowest BCUT2D eigenvalue weighted by Gasteiger charge is -2.16. The molecule has 1 atom stereocenters. The second kappa shape index (κ2) is 8.30. The van der Waals surface area contributed by atoms with Gasteiger partial charge < -0.3 is 15.2 Å². The Kier molecular flexibility index (Phi) is 6.73. The lowest BCUT2D eigenvalue weighted by molar-refractivity contribution is 0.236. The number of hydrogen-bond donors (Lipinski definition) is 2. The third-order valence-electron chi connectivity index (χ3n) is 2.99. The number of carbonyl (C=O) groups excluding carboxylic acids is 1. The first-order valence-corrected chi connectivity index (χ1v) is 7.27. The van der Waals surface area contributed by atoms with E-state index >= 15 is 0 Å². The molecule has 0 aliphatic heterocycles. The number of rotatable bonds is 7. The zero-order valence-corrected chi connectivity index (χ0v) is 13.1. The number of urea groups is 1. The average Bonchev–Trinajstić information content (AvgIpc) is 2.89. The van der Waals surface area contributed by atoms with Gasteiger partial charge in [0.2, 0.25) is 5.89 Å². The molecule has 0 spiro atoms. The summed E-state index contributed by atoms with van der Waals surface area (Å²) < 4.78 is 5.13. The summed E-state index contributed by atoms with van der Waals surface area (Å²) >= 11 is 0. The summed E-state index contributed by atoms with van der Waals surface area (Å²) in [5.41, 5.74) is 0. The van der Waals surface area contributed by atoms with Crippen molar-refractivity contribution in [3.8, 4) is 12.3 Å². The Morgan fingerprint density at radius 3 is 2.62 bits per heavy atom. The van der Waals surface area contributed by atoms with Gasteiger partial charge in [-0.3, -0.25) is 0 Å². The van der Waals surface area contributed by atoms with E-state index in [9.17, 15) is 4.79 Å². The molecule has 0 aromatic carbocycles. The molecule has 2 amide bonds. The van der Waals surface area contributed by atoms with Crippen LogP contribution in [0.4, 0.5) is 4.79 Å². The molecular weight excluding hydrogens is 268 g/mol. The maximum absolute atomic E-state index is 11.7. The Bertz CT molecular complexity index is 488. The van der Waals surface area contributed by atoms with Crippen molar-refractivity contribution in [2.75, 3.05) is 6.54 Å². The van der Waals surface area contributed by atoms with E-state index < -0.39 is 0 Å². The van der Waals surface area contributed by atoms with E-state index in [1.54, 1.807) is 0 Å². The molecule has 1 unspecified atom stereocenters. The van der Waals surface area contributed by atoms with Gasteiger partial charge in [-0.05, 0) is 12.3 Å². The van der Waals surface area contributed by atoms with Gasteiger partial charge in [-0.25, -0.2) is 4.79 Å². The van der Waals surface area contributed by atoms with Crippen LogP contribution in [-0.4, -0.2) is 28.8 Å². The van der Waals surface area contributed by atoms with Crippen molar-refractivity contribution < 1.29 is 9.32 Å². The molecule has 0 saturated heterocycles. The molecule has 0 aliphatic carbocycles. The van der Waals surface area contributed by atoms with Crippen LogP contribution in [0.2, 0.25) is 0 Å². The minimum absolute atomic E-state index is 0.202. The van der Waals surface area contributed by atoms with Crippen molar-refractivity contribution >= 4 is 6.03 Å². The van der Waals surface area contributed by atoms with Gasteiger partial charge in [0.25, 0.3) is 0 Å². The van der Waals surface area contributed by atoms with E-state index in [-0.39, 0.29) is 23.9 Å². The molecule has 6 nitrogen and oxygen atoms in total. The molecule has 21 heavy (non-hydrogen) atoms. The normalized spacial score (nSPS) is 12.2. The van der Waals surface area contributed by atoms with Gasteiger partial charge in [0.1, 0.15) is 0 Å². The van der Waals surface area contributed by atoms with Crippen LogP contribution in [0.25, 0.3) is 0 Å². The summed E-state index contributed by atoms with van der Waals surface area (Å²) in [5.74, 6) is 4.33. The predicted molar refractivity (Wildman–Crippen MR) is 80.7 cm³/mol. The van der Waals surface area contributed by atoms with Gasteiger partial charge in [-0.2, -0.15) is 4.98 Å². The summed E-state index contributed by atoms with van der Waals surface area (Å²) in [5, 5.41) is 9.40. The van der Waals surface area contributed by atoms with Crippen LogP contribution in [0.15, 0.2) is 4.52 Å². The minimum Gasteiger partial charge on any atom is -0.339 e. The molecule has 0 bridgehead atoms. The van der Waals surface area contributed by atoms with E-state index in [4.69, 9.17) is 10.9 Å². The maximum atomic E-state index is 11.7. The summed E-state index contributed by atoms with van der Waals surface area (Å²) in [6.45, 7) is 8.48. The average molecular weight is 292 g/mol. The number of aromatic nitrogens is 2. The minimum atomic E-state index is -0.255. The number of nitrogens with one attached hydrogen (secondary N) is 2. The second-order valence-electron chi connectivity index (χ2n) is 5.59. The van der Waals surface area contributed by atoms with Gasteiger partial charge in [0.15, 0.2) is 5.82 Å². The molecule has 6 heteroatoms. The zero-order valence-electron chi connectivity index (χ0n) is 13.1. The fourth-order valence-corrected chi connectivity index (χ4v) is 1.64. The van der Waals surface area contributed by atoms with Crippen LogP contribution in [-0.2, 0) is 6.42 Å². The summed E-state index contributed by atoms with van der Waals surface area (Å²) in [6, 6.07) is -0.505. The van der Waals surface area contributed by atoms with Crippen LogP contribution >= 0.6 is 0 Å². The topological polar surface area (TPSA) is 80.0 Å². The van der Waals surface area contributed by atoms with Crippen molar-refractivity contribution in [1.82, 2.24) is 20.8 Å². The lowest BCUT2D eigenvalue weighted by Crippen LogP contribution is -2.44. The Morgan fingerprint density at radius 2 is 2.10 bits per heavy atom. The molecule has 0 fully saturated rings. The number of amides is 2. The smallest absolute Gasteiger partial charge is 0.315 e. The quantitative estimate of drug-likeness (QED) is 0.595. The fourth-order valence-electron chi connectivity index (χ4n) is 1.64. The van der Waals surface area contributed by atoms with E-state index in [1.165, 1.54) is 0 Å². The molecule has 0 aliphatic rings. The standard InChI is InChI=1S/C15H24N4O2/c1-6-12(10(2)3)17-15(20)16-9-7-8-13-18-14(11(4)5)19-21-13/h1,10-12H,7-9H2,2-5H3,(H2,16,17,20). The van der Waals surface area contributed by atoms with E-state index in [0.29, 0.717) is 24.7 Å². The molecule has 1 aromatic heterocycles. The van der Waals surface area contributed by atoms with Gasteiger partial charge >= 0.3 is 6.03 Å². The molecule has 1 heterocycles. The van der Waals surface area contributed by atoms with E-state index in [0.717, 1.165) is 6.42 Å². The highest BCUT2D eigenvalue weighted by atomic mass is 16.5. The third kappa shape index (κ3) is 5.86. The SMILES string of the molecule is C#CC(NC(=O)NCCCc1nc(C(C)C)no1)C(C)C. The Labute approximate surface area is 126 Å². The number of nitrogens with zero attached hydrogens (tertiary/aromatic N) is 2. The van der Waals surface area contributed by atoms with Crippen molar-refractivity contribution in [2.24, 2.45) is 5.92 Å². The van der Waals surface area contributed by atoms with Gasteiger partial charge in [0.05, 0.1) is 6.04 Å². The Hall–Kier alpha value is -2.03. The molecule has 1 rings (SSSR count). The first-order valence-electron chi connectivity index (χ1n) is 7.27. The molecule has 116 valence electrons. The molecule has 0 saturated carbocycles. The fraction of sp³-hybridized carbons (Fsp3) is 0.667. The number of terminal acetylenes is 1. The maximum Gasteiger partial charge on any atom is 0.315 e. The highest BCUT2D eigenvalue weighted by molar-refractivity contribution is 5.74. The molecule has 2 N–H and O–H groups in total. The van der Waals surface area contributed by atoms with Crippen molar-refractivity contribution in [3.05, 3.63) is 11.7 Å². The third-order valence-corrected chi connectivity index (χ3v) is 2.99. The number of hydrogen-bond acceptors (Lipinski definition) is 4. The van der Waals surface area contributed by atoms with Gasteiger partial charge in [-0.1, -0.05) is 38.8 Å². The number of carbonyl (C=O) groups is 1. The molecule has 1 aromatic rings. The summed E-state index contributed by atoms with van der Waals surface area (Å²) in [7, 11) is 0. The van der Waals surface area contributed by atoms with Crippen LogP contribution < -0.4 is 10.6 Å². The van der Waals surface area contributed by atoms with Crippen LogP contribution in [0.5, 0.6) is 0 Å². The van der Waals surface area contributed by atoms with Gasteiger partial charge in [0, 0.05) is 18.9 Å². The Balaban J connectivity index is 2.24. The first-order chi connectivity index (χ1) is 9.93. The highest BCUT2D eigenvalue weighted by Crippen LogP contribution is 2.10. The summed E-state index contributed by atoms with van der Waals surface area (Å²) in [6.07, 6.45) is 6.73. The van der Waals surface area contributed by atoms with Crippen LogP contribution in [0.1, 0.15) is 51.7 Å². The number of aryl methyl sites for hydroxylation is 1.